The molecule has 1 saturated heterocycles. The fourth-order valence-electron chi connectivity index (χ4n) is 1.88. The lowest BCUT2D eigenvalue weighted by Gasteiger charge is -2.20. The van der Waals surface area contributed by atoms with Crippen molar-refractivity contribution < 1.29 is 14.3 Å². The van der Waals surface area contributed by atoms with Gasteiger partial charge < -0.3 is 15.7 Å². The van der Waals surface area contributed by atoms with Crippen LogP contribution in [0.4, 0.5) is 4.39 Å². The van der Waals surface area contributed by atoms with Crippen molar-refractivity contribution in [3.63, 3.8) is 0 Å². The second-order valence-electron chi connectivity index (χ2n) is 4.39. The third-order valence-corrected chi connectivity index (χ3v) is 3.18. The van der Waals surface area contributed by atoms with Crippen molar-refractivity contribution in [2.75, 3.05) is 26.2 Å². The van der Waals surface area contributed by atoms with Crippen LogP contribution in [-0.2, 0) is 4.79 Å². The summed E-state index contributed by atoms with van der Waals surface area (Å²) in [5.41, 5.74) is -1.74. The van der Waals surface area contributed by atoms with Crippen molar-refractivity contribution in [3.05, 3.63) is 0 Å². The minimum Gasteiger partial charge on any atom is -0.396 e. The van der Waals surface area contributed by atoms with Gasteiger partial charge in [0.15, 0.2) is 0 Å². The highest BCUT2D eigenvalue weighted by atomic mass is 19.1. The molecule has 0 bridgehead atoms. The van der Waals surface area contributed by atoms with Crippen molar-refractivity contribution >= 4 is 5.91 Å². The first-order valence-electron chi connectivity index (χ1n) is 5.91. The van der Waals surface area contributed by atoms with E-state index in [1.54, 1.807) is 0 Å². The van der Waals surface area contributed by atoms with Crippen molar-refractivity contribution in [1.29, 1.82) is 0 Å². The molecule has 0 aliphatic carbocycles. The van der Waals surface area contributed by atoms with E-state index < -0.39 is 11.6 Å². The molecule has 0 radical (unpaired) electrons. The predicted octanol–water partition coefficient (Wildman–Crippen LogP) is 0.213. The van der Waals surface area contributed by atoms with Crippen molar-refractivity contribution in [1.82, 2.24) is 10.6 Å². The highest BCUT2D eigenvalue weighted by molar-refractivity contribution is 5.85. The number of hydrogen-bond acceptors (Lipinski definition) is 3. The van der Waals surface area contributed by atoms with Gasteiger partial charge in [-0.15, -0.1) is 0 Å². The number of amides is 1. The second kappa shape index (κ2) is 6.15. The Morgan fingerprint density at radius 2 is 2.44 bits per heavy atom. The molecule has 0 spiro atoms. The molecule has 1 fully saturated rings. The summed E-state index contributed by atoms with van der Waals surface area (Å²) in [6.45, 7) is 3.21. The summed E-state index contributed by atoms with van der Waals surface area (Å²) in [7, 11) is 0. The molecule has 0 saturated carbocycles. The molecule has 3 N–H and O–H groups in total. The lowest BCUT2D eigenvalue weighted by molar-refractivity contribution is -0.131. The number of aliphatic hydroxyl groups is 1. The average molecular weight is 232 g/mol. The Hall–Kier alpha value is -0.680. The van der Waals surface area contributed by atoms with Crippen LogP contribution in [0.25, 0.3) is 0 Å². The number of nitrogens with one attached hydrogen (secondary N) is 2. The molecular formula is C11H21FN2O2. The Kier molecular flexibility index (Phi) is 5.15. The molecule has 2 atom stereocenters. The number of aliphatic hydroxyl groups excluding tert-OH is 1. The van der Waals surface area contributed by atoms with E-state index in [-0.39, 0.29) is 25.5 Å². The second-order valence-corrected chi connectivity index (χ2v) is 4.39. The number of halogens is 1. The summed E-state index contributed by atoms with van der Waals surface area (Å²) in [6.07, 6.45) is 1.77. The van der Waals surface area contributed by atoms with Gasteiger partial charge in [0.05, 0.1) is 0 Å². The zero-order valence-electron chi connectivity index (χ0n) is 9.76. The van der Waals surface area contributed by atoms with Gasteiger partial charge >= 0.3 is 0 Å². The molecule has 94 valence electrons. The third kappa shape index (κ3) is 3.42. The molecule has 1 rings (SSSR count). The lowest BCUT2D eigenvalue weighted by Crippen LogP contribution is -2.46. The number of carbonyl (C=O) groups is 1. The van der Waals surface area contributed by atoms with Gasteiger partial charge in [-0.1, -0.05) is 13.3 Å². The summed E-state index contributed by atoms with van der Waals surface area (Å²) < 4.78 is 13.9. The van der Waals surface area contributed by atoms with Crippen LogP contribution in [0.5, 0.6) is 0 Å². The first-order valence-corrected chi connectivity index (χ1v) is 5.91. The Morgan fingerprint density at radius 3 is 2.94 bits per heavy atom. The fraction of sp³-hybridized carbons (Fsp3) is 0.909. The topological polar surface area (TPSA) is 61.4 Å². The molecule has 1 aliphatic heterocycles. The monoisotopic (exact) mass is 232 g/mol. The molecule has 5 heteroatoms. The molecule has 0 aromatic heterocycles. The van der Waals surface area contributed by atoms with Crippen molar-refractivity contribution in [3.8, 4) is 0 Å². The minimum absolute atomic E-state index is 0.107. The van der Waals surface area contributed by atoms with E-state index in [4.69, 9.17) is 5.11 Å². The largest absolute Gasteiger partial charge is 0.396 e. The highest BCUT2D eigenvalue weighted by Gasteiger charge is 2.41. The predicted molar refractivity (Wildman–Crippen MR) is 59.8 cm³/mol. The quantitative estimate of drug-likeness (QED) is 0.613. The number of carbonyl (C=O) groups excluding carboxylic acids is 1. The van der Waals surface area contributed by atoms with Gasteiger partial charge in [0, 0.05) is 26.1 Å². The van der Waals surface area contributed by atoms with E-state index in [0.29, 0.717) is 19.5 Å². The highest BCUT2D eigenvalue weighted by Crippen LogP contribution is 2.20. The van der Waals surface area contributed by atoms with E-state index in [0.717, 1.165) is 6.42 Å². The normalized spacial score (nSPS) is 26.7. The third-order valence-electron chi connectivity index (χ3n) is 3.18. The smallest absolute Gasteiger partial charge is 0.259 e. The van der Waals surface area contributed by atoms with Gasteiger partial charge in [-0.2, -0.15) is 0 Å². The van der Waals surface area contributed by atoms with Crippen LogP contribution in [0, 0.1) is 5.92 Å². The first kappa shape index (κ1) is 13.4. The van der Waals surface area contributed by atoms with Gasteiger partial charge in [-0.05, 0) is 18.9 Å². The van der Waals surface area contributed by atoms with Gasteiger partial charge in [0.25, 0.3) is 5.91 Å². The zero-order chi connectivity index (χ0) is 12.0. The summed E-state index contributed by atoms with van der Waals surface area (Å²) in [6, 6.07) is 0. The van der Waals surface area contributed by atoms with E-state index in [9.17, 15) is 9.18 Å². The molecular weight excluding hydrogens is 211 g/mol. The maximum Gasteiger partial charge on any atom is 0.259 e. The minimum atomic E-state index is -1.74. The Morgan fingerprint density at radius 1 is 1.69 bits per heavy atom. The van der Waals surface area contributed by atoms with E-state index in [1.165, 1.54) is 0 Å². The van der Waals surface area contributed by atoms with Crippen LogP contribution in [0.15, 0.2) is 0 Å². The molecule has 4 nitrogen and oxygen atoms in total. The Labute approximate surface area is 95.6 Å². The number of alkyl halides is 1. The van der Waals surface area contributed by atoms with Crippen LogP contribution in [0.1, 0.15) is 26.2 Å². The summed E-state index contributed by atoms with van der Waals surface area (Å²) in [5, 5.41) is 14.3. The maximum atomic E-state index is 13.9. The maximum absolute atomic E-state index is 13.9. The van der Waals surface area contributed by atoms with E-state index in [2.05, 4.69) is 10.6 Å². The van der Waals surface area contributed by atoms with Crippen LogP contribution >= 0.6 is 0 Å². The van der Waals surface area contributed by atoms with Crippen molar-refractivity contribution in [2.45, 2.75) is 31.9 Å². The average Bonchev–Trinajstić information content (AvgIpc) is 2.72. The fourth-order valence-corrected chi connectivity index (χ4v) is 1.88. The van der Waals surface area contributed by atoms with Crippen molar-refractivity contribution in [2.24, 2.45) is 5.92 Å². The van der Waals surface area contributed by atoms with Gasteiger partial charge in [-0.25, -0.2) is 4.39 Å². The van der Waals surface area contributed by atoms with E-state index in [1.807, 2.05) is 6.92 Å². The van der Waals surface area contributed by atoms with Crippen LogP contribution in [0.2, 0.25) is 0 Å². The molecule has 1 amide bonds. The standard InChI is InChI=1S/C11H21FN2O2/c1-2-9(3-6-15)7-14-10(16)11(12)4-5-13-8-11/h9,13,15H,2-8H2,1H3,(H,14,16). The van der Waals surface area contributed by atoms with Gasteiger partial charge in [0.1, 0.15) is 0 Å². The molecule has 16 heavy (non-hydrogen) atoms. The zero-order valence-corrected chi connectivity index (χ0v) is 9.76. The lowest BCUT2D eigenvalue weighted by atomic mass is 10.0. The number of hydrogen-bond donors (Lipinski definition) is 3. The summed E-state index contributed by atoms with van der Waals surface area (Å²) in [4.78, 5) is 11.6. The van der Waals surface area contributed by atoms with Gasteiger partial charge in [-0.3, -0.25) is 4.79 Å². The Balaban J connectivity index is 2.33. The van der Waals surface area contributed by atoms with Gasteiger partial charge in [0.2, 0.25) is 5.67 Å². The molecule has 1 heterocycles. The molecule has 1 aliphatic rings. The molecule has 0 aromatic rings. The Bertz CT molecular complexity index is 230. The SMILES string of the molecule is CCC(CCO)CNC(=O)C1(F)CCNC1. The molecule has 0 aromatic carbocycles. The van der Waals surface area contributed by atoms with Crippen LogP contribution < -0.4 is 10.6 Å². The summed E-state index contributed by atoms with van der Waals surface area (Å²) in [5.74, 6) is -0.291. The molecule has 2 unspecified atom stereocenters. The van der Waals surface area contributed by atoms with E-state index >= 15 is 0 Å². The first-order chi connectivity index (χ1) is 7.62. The number of rotatable bonds is 6. The van der Waals surface area contributed by atoms with Crippen LogP contribution in [-0.4, -0.2) is 42.9 Å². The summed E-state index contributed by atoms with van der Waals surface area (Å²) >= 11 is 0. The van der Waals surface area contributed by atoms with Crippen LogP contribution in [0.3, 0.4) is 0 Å².